The molecular weight excluding hydrogens is 246 g/mol. The minimum atomic E-state index is -1.64. The Morgan fingerprint density at radius 1 is 0.947 bits per heavy atom. The third kappa shape index (κ3) is 3.41. The Bertz CT molecular complexity index is 555. The van der Waals surface area contributed by atoms with Crippen molar-refractivity contribution in [2.45, 2.75) is 6.42 Å². The normalized spacial score (nSPS) is 10.1. The molecule has 0 amide bonds. The van der Waals surface area contributed by atoms with Gasteiger partial charge in [0.05, 0.1) is 7.11 Å². The van der Waals surface area contributed by atoms with Crippen molar-refractivity contribution < 1.29 is 13.5 Å². The highest BCUT2D eigenvalue weighted by molar-refractivity contribution is 5.68. The molecule has 0 unspecified atom stereocenters. The van der Waals surface area contributed by atoms with E-state index in [2.05, 4.69) is 0 Å². The van der Waals surface area contributed by atoms with E-state index in [9.17, 15) is 8.78 Å². The molecule has 0 heterocycles. The first-order valence-corrected chi connectivity index (χ1v) is 5.93. The van der Waals surface area contributed by atoms with Crippen molar-refractivity contribution in [1.29, 1.82) is 0 Å². The summed E-state index contributed by atoms with van der Waals surface area (Å²) < 4.78 is 31.2. The SMILES string of the molecule is COc1ccc(C(Cc2ccccc2)=C(F)F)cc1. The molecule has 0 N–H and O–H groups in total. The summed E-state index contributed by atoms with van der Waals surface area (Å²) in [6.07, 6.45) is -1.43. The van der Waals surface area contributed by atoms with Crippen molar-refractivity contribution in [3.63, 3.8) is 0 Å². The Morgan fingerprint density at radius 2 is 1.58 bits per heavy atom. The van der Waals surface area contributed by atoms with Crippen LogP contribution in [0.5, 0.6) is 5.75 Å². The first-order chi connectivity index (χ1) is 9.20. The molecule has 0 bridgehead atoms. The molecule has 0 aromatic heterocycles. The monoisotopic (exact) mass is 260 g/mol. The average Bonchev–Trinajstić information content (AvgIpc) is 2.46. The van der Waals surface area contributed by atoms with Gasteiger partial charge in [-0.15, -0.1) is 0 Å². The Morgan fingerprint density at radius 3 is 2.11 bits per heavy atom. The Hall–Kier alpha value is -2.16. The first-order valence-electron chi connectivity index (χ1n) is 5.93. The van der Waals surface area contributed by atoms with Gasteiger partial charge in [0.15, 0.2) is 0 Å². The maximum absolute atomic E-state index is 13.1. The van der Waals surface area contributed by atoms with Gasteiger partial charge >= 0.3 is 0 Å². The van der Waals surface area contributed by atoms with Crippen LogP contribution in [0.15, 0.2) is 60.7 Å². The molecule has 2 aromatic rings. The second-order valence-corrected chi connectivity index (χ2v) is 4.13. The lowest BCUT2D eigenvalue weighted by Gasteiger charge is -2.08. The summed E-state index contributed by atoms with van der Waals surface area (Å²) in [5, 5.41) is 0. The molecule has 3 heteroatoms. The number of methoxy groups -OCH3 is 1. The molecule has 2 rings (SSSR count). The summed E-state index contributed by atoms with van der Waals surface area (Å²) in [5.74, 6) is 0.655. The molecule has 0 aliphatic rings. The van der Waals surface area contributed by atoms with Crippen LogP contribution >= 0.6 is 0 Å². The molecular formula is C16H14F2O. The maximum Gasteiger partial charge on any atom is 0.274 e. The largest absolute Gasteiger partial charge is 0.497 e. The van der Waals surface area contributed by atoms with E-state index < -0.39 is 6.08 Å². The van der Waals surface area contributed by atoms with Gasteiger partial charge in [0.1, 0.15) is 5.75 Å². The van der Waals surface area contributed by atoms with Crippen LogP contribution in [-0.2, 0) is 6.42 Å². The maximum atomic E-state index is 13.1. The lowest BCUT2D eigenvalue weighted by Crippen LogP contribution is -1.93. The third-order valence-corrected chi connectivity index (χ3v) is 2.89. The lowest BCUT2D eigenvalue weighted by molar-refractivity contribution is 0.414. The molecule has 0 aliphatic heterocycles. The fourth-order valence-corrected chi connectivity index (χ4v) is 1.87. The number of allylic oxidation sites excluding steroid dienone is 1. The van der Waals surface area contributed by atoms with Crippen LogP contribution in [0.4, 0.5) is 8.78 Å². The van der Waals surface area contributed by atoms with E-state index in [-0.39, 0.29) is 12.0 Å². The van der Waals surface area contributed by atoms with Gasteiger partial charge in [-0.3, -0.25) is 0 Å². The third-order valence-electron chi connectivity index (χ3n) is 2.89. The summed E-state index contributed by atoms with van der Waals surface area (Å²) in [7, 11) is 1.55. The van der Waals surface area contributed by atoms with E-state index in [1.54, 1.807) is 31.4 Å². The van der Waals surface area contributed by atoms with Crippen molar-refractivity contribution in [2.75, 3.05) is 7.11 Å². The van der Waals surface area contributed by atoms with Crippen LogP contribution in [0.3, 0.4) is 0 Å². The summed E-state index contributed by atoms with van der Waals surface area (Å²) in [4.78, 5) is 0. The predicted molar refractivity (Wildman–Crippen MR) is 72.3 cm³/mol. The number of hydrogen-bond donors (Lipinski definition) is 0. The zero-order valence-corrected chi connectivity index (χ0v) is 10.6. The summed E-state index contributed by atoms with van der Waals surface area (Å²) in [5.41, 5.74) is 1.43. The van der Waals surface area contributed by atoms with Gasteiger partial charge < -0.3 is 4.74 Å². The Kier molecular flexibility index (Phi) is 4.29. The van der Waals surface area contributed by atoms with Crippen LogP contribution in [0.1, 0.15) is 11.1 Å². The fraction of sp³-hybridized carbons (Fsp3) is 0.125. The van der Waals surface area contributed by atoms with Gasteiger partial charge in [0, 0.05) is 12.0 Å². The molecule has 0 radical (unpaired) electrons. The quantitative estimate of drug-likeness (QED) is 0.783. The standard InChI is InChI=1S/C16H14F2O/c1-19-14-9-7-13(8-10-14)15(16(17)18)11-12-5-3-2-4-6-12/h2-10H,11H2,1H3. The average molecular weight is 260 g/mol. The number of halogens is 2. The van der Waals surface area contributed by atoms with E-state index in [1.165, 1.54) is 0 Å². The highest BCUT2D eigenvalue weighted by Gasteiger charge is 2.10. The fourth-order valence-electron chi connectivity index (χ4n) is 1.87. The van der Waals surface area contributed by atoms with Crippen LogP contribution in [-0.4, -0.2) is 7.11 Å². The van der Waals surface area contributed by atoms with Crippen molar-refractivity contribution in [3.8, 4) is 5.75 Å². The van der Waals surface area contributed by atoms with Crippen molar-refractivity contribution in [3.05, 3.63) is 71.8 Å². The molecule has 0 atom stereocenters. The molecule has 0 spiro atoms. The van der Waals surface area contributed by atoms with Crippen LogP contribution in [0.25, 0.3) is 5.57 Å². The van der Waals surface area contributed by atoms with Gasteiger partial charge in [-0.2, -0.15) is 8.78 Å². The zero-order valence-electron chi connectivity index (χ0n) is 10.6. The van der Waals surface area contributed by atoms with E-state index in [1.807, 2.05) is 30.3 Å². The lowest BCUT2D eigenvalue weighted by atomic mass is 9.99. The molecule has 0 saturated carbocycles. The highest BCUT2D eigenvalue weighted by Crippen LogP contribution is 2.26. The summed E-state index contributed by atoms with van der Waals surface area (Å²) >= 11 is 0. The summed E-state index contributed by atoms with van der Waals surface area (Å²) in [6, 6.07) is 15.9. The van der Waals surface area contributed by atoms with E-state index in [0.29, 0.717) is 11.3 Å². The van der Waals surface area contributed by atoms with Crippen molar-refractivity contribution >= 4 is 5.57 Å². The smallest absolute Gasteiger partial charge is 0.274 e. The van der Waals surface area contributed by atoms with Crippen molar-refractivity contribution in [2.24, 2.45) is 0 Å². The van der Waals surface area contributed by atoms with Crippen LogP contribution in [0.2, 0.25) is 0 Å². The molecule has 19 heavy (non-hydrogen) atoms. The molecule has 98 valence electrons. The Labute approximate surface area is 111 Å². The van der Waals surface area contributed by atoms with Crippen LogP contribution in [0, 0.1) is 0 Å². The zero-order chi connectivity index (χ0) is 13.7. The number of rotatable bonds is 4. The highest BCUT2D eigenvalue weighted by atomic mass is 19.3. The van der Waals surface area contributed by atoms with Gasteiger partial charge in [-0.25, -0.2) is 0 Å². The molecule has 0 aliphatic carbocycles. The number of ether oxygens (including phenoxy) is 1. The molecule has 2 aromatic carbocycles. The first kappa shape index (κ1) is 13.3. The number of hydrogen-bond acceptors (Lipinski definition) is 1. The summed E-state index contributed by atoms with van der Waals surface area (Å²) in [6.45, 7) is 0. The van der Waals surface area contributed by atoms with Gasteiger partial charge in [-0.05, 0) is 23.3 Å². The number of benzene rings is 2. The van der Waals surface area contributed by atoms with E-state index in [0.717, 1.165) is 5.56 Å². The molecule has 0 fully saturated rings. The van der Waals surface area contributed by atoms with Gasteiger partial charge in [0.25, 0.3) is 6.08 Å². The van der Waals surface area contributed by atoms with E-state index >= 15 is 0 Å². The Balaban J connectivity index is 2.28. The predicted octanol–water partition coefficient (Wildman–Crippen LogP) is 4.55. The molecule has 0 saturated heterocycles. The minimum absolute atomic E-state index is 0.0499. The van der Waals surface area contributed by atoms with E-state index in [4.69, 9.17) is 4.74 Å². The van der Waals surface area contributed by atoms with Crippen molar-refractivity contribution in [1.82, 2.24) is 0 Å². The molecule has 1 nitrogen and oxygen atoms in total. The minimum Gasteiger partial charge on any atom is -0.497 e. The second-order valence-electron chi connectivity index (χ2n) is 4.13. The second kappa shape index (κ2) is 6.14. The van der Waals surface area contributed by atoms with Gasteiger partial charge in [-0.1, -0.05) is 42.5 Å². The van der Waals surface area contributed by atoms with Gasteiger partial charge in [0.2, 0.25) is 0 Å². The van der Waals surface area contributed by atoms with Crippen LogP contribution < -0.4 is 4.74 Å². The topological polar surface area (TPSA) is 9.23 Å².